The summed E-state index contributed by atoms with van der Waals surface area (Å²) in [6.07, 6.45) is 4.97. The molecule has 2 heterocycles. The molecule has 3 rings (SSSR count). The number of halogens is 2. The number of aromatic nitrogens is 4. The lowest BCUT2D eigenvalue weighted by Crippen LogP contribution is -2.25. The van der Waals surface area contributed by atoms with Crippen molar-refractivity contribution in [2.24, 2.45) is 0 Å². The van der Waals surface area contributed by atoms with Crippen LogP contribution in [0.4, 0.5) is 0 Å². The van der Waals surface area contributed by atoms with Gasteiger partial charge in [-0.1, -0.05) is 29.3 Å². The summed E-state index contributed by atoms with van der Waals surface area (Å²) < 4.78 is 0. The molecule has 0 amide bonds. The SMILES string of the molecule is Clc1ccc(C(CCN2CCCC2)n2ncnn2)cc1Cl. The molecule has 1 atom stereocenters. The Kier molecular flexibility index (Phi) is 4.73. The van der Waals surface area contributed by atoms with Gasteiger partial charge in [0.15, 0.2) is 6.33 Å². The average Bonchev–Trinajstić information content (AvgIpc) is 3.16. The number of hydrogen-bond acceptors (Lipinski definition) is 4. The van der Waals surface area contributed by atoms with E-state index in [0.717, 1.165) is 18.5 Å². The smallest absolute Gasteiger partial charge is 0.162 e. The quantitative estimate of drug-likeness (QED) is 0.847. The van der Waals surface area contributed by atoms with E-state index in [9.17, 15) is 0 Å². The monoisotopic (exact) mass is 325 g/mol. The first kappa shape index (κ1) is 14.8. The summed E-state index contributed by atoms with van der Waals surface area (Å²) in [4.78, 5) is 4.12. The van der Waals surface area contributed by atoms with Crippen molar-refractivity contribution in [1.82, 2.24) is 25.1 Å². The number of nitrogens with zero attached hydrogens (tertiary/aromatic N) is 5. The standard InChI is InChI=1S/C14H17Cl2N5/c15-12-4-3-11(9-13(12)16)14(21-18-10-17-19-21)5-8-20-6-1-2-7-20/h3-4,9-10,14H,1-2,5-8H2. The highest BCUT2D eigenvalue weighted by atomic mass is 35.5. The summed E-state index contributed by atoms with van der Waals surface area (Å²) in [5.74, 6) is 0. The van der Waals surface area contributed by atoms with Crippen LogP contribution in [0.3, 0.4) is 0 Å². The Morgan fingerprint density at radius 3 is 2.62 bits per heavy atom. The molecule has 1 aromatic carbocycles. The Balaban J connectivity index is 1.79. The summed E-state index contributed by atoms with van der Waals surface area (Å²) in [5, 5.41) is 13.2. The zero-order valence-corrected chi connectivity index (χ0v) is 13.1. The first-order valence-electron chi connectivity index (χ1n) is 7.14. The summed E-state index contributed by atoms with van der Waals surface area (Å²) in [5.41, 5.74) is 1.06. The fourth-order valence-corrected chi connectivity index (χ4v) is 3.07. The fraction of sp³-hybridized carbons (Fsp3) is 0.500. The van der Waals surface area contributed by atoms with Crippen LogP contribution >= 0.6 is 23.2 Å². The van der Waals surface area contributed by atoms with Crippen LogP contribution in [0, 0.1) is 0 Å². The summed E-state index contributed by atoms with van der Waals surface area (Å²) in [6.45, 7) is 3.38. The Labute approximate surface area is 133 Å². The molecule has 1 fully saturated rings. The predicted molar refractivity (Wildman–Crippen MR) is 82.7 cm³/mol. The van der Waals surface area contributed by atoms with Crippen LogP contribution in [0.5, 0.6) is 0 Å². The van der Waals surface area contributed by atoms with Crippen molar-refractivity contribution in [3.8, 4) is 0 Å². The molecule has 0 bridgehead atoms. The molecule has 0 radical (unpaired) electrons. The minimum absolute atomic E-state index is 0.0304. The highest BCUT2D eigenvalue weighted by Crippen LogP contribution is 2.28. The Morgan fingerprint density at radius 2 is 1.95 bits per heavy atom. The van der Waals surface area contributed by atoms with E-state index >= 15 is 0 Å². The number of likely N-dealkylation sites (tertiary alicyclic amines) is 1. The van der Waals surface area contributed by atoms with Crippen molar-refractivity contribution in [2.45, 2.75) is 25.3 Å². The van der Waals surface area contributed by atoms with E-state index < -0.39 is 0 Å². The number of benzene rings is 1. The number of rotatable bonds is 5. The van der Waals surface area contributed by atoms with Crippen LogP contribution in [0.1, 0.15) is 30.9 Å². The second kappa shape index (κ2) is 6.73. The minimum Gasteiger partial charge on any atom is -0.303 e. The van der Waals surface area contributed by atoms with Crippen molar-refractivity contribution >= 4 is 23.2 Å². The van der Waals surface area contributed by atoms with E-state index in [-0.39, 0.29) is 6.04 Å². The molecule has 0 N–H and O–H groups in total. The molecule has 21 heavy (non-hydrogen) atoms. The van der Waals surface area contributed by atoms with Crippen molar-refractivity contribution in [3.05, 3.63) is 40.1 Å². The molecule has 0 saturated carbocycles. The van der Waals surface area contributed by atoms with Gasteiger partial charge in [0, 0.05) is 6.54 Å². The van der Waals surface area contributed by atoms with Gasteiger partial charge >= 0.3 is 0 Å². The molecular weight excluding hydrogens is 309 g/mol. The molecular formula is C14H17Cl2N5. The Morgan fingerprint density at radius 1 is 1.14 bits per heavy atom. The highest BCUT2D eigenvalue weighted by molar-refractivity contribution is 6.42. The van der Waals surface area contributed by atoms with Gasteiger partial charge < -0.3 is 4.90 Å². The molecule has 1 aliphatic rings. The zero-order valence-electron chi connectivity index (χ0n) is 11.6. The largest absolute Gasteiger partial charge is 0.303 e. The molecule has 1 saturated heterocycles. The van der Waals surface area contributed by atoms with E-state index in [1.165, 1.54) is 32.3 Å². The Bertz CT molecular complexity index is 581. The second-order valence-corrected chi connectivity index (χ2v) is 6.10. The van der Waals surface area contributed by atoms with Crippen molar-refractivity contribution in [3.63, 3.8) is 0 Å². The molecule has 0 spiro atoms. The molecule has 112 valence electrons. The molecule has 7 heteroatoms. The lowest BCUT2D eigenvalue weighted by Gasteiger charge is -2.20. The van der Waals surface area contributed by atoms with Crippen LogP contribution in [0.15, 0.2) is 24.5 Å². The molecule has 1 unspecified atom stereocenters. The highest BCUT2D eigenvalue weighted by Gasteiger charge is 2.20. The zero-order chi connectivity index (χ0) is 14.7. The van der Waals surface area contributed by atoms with Gasteiger partial charge in [-0.3, -0.25) is 0 Å². The van der Waals surface area contributed by atoms with Crippen LogP contribution in [0.25, 0.3) is 0 Å². The first-order chi connectivity index (χ1) is 10.2. The van der Waals surface area contributed by atoms with Gasteiger partial charge in [0.1, 0.15) is 0 Å². The lowest BCUT2D eigenvalue weighted by molar-refractivity contribution is 0.298. The van der Waals surface area contributed by atoms with Gasteiger partial charge in [-0.2, -0.15) is 4.80 Å². The van der Waals surface area contributed by atoms with Gasteiger partial charge in [0.2, 0.25) is 0 Å². The summed E-state index contributed by atoms with van der Waals surface area (Å²) >= 11 is 12.1. The van der Waals surface area contributed by atoms with Crippen molar-refractivity contribution in [1.29, 1.82) is 0 Å². The normalized spacial score (nSPS) is 17.2. The Hall–Kier alpha value is -1.17. The number of hydrogen-bond donors (Lipinski definition) is 0. The number of tetrazole rings is 1. The van der Waals surface area contributed by atoms with Gasteiger partial charge in [-0.05, 0) is 55.3 Å². The van der Waals surface area contributed by atoms with E-state index in [1.54, 1.807) is 4.80 Å². The predicted octanol–water partition coefficient (Wildman–Crippen LogP) is 3.06. The van der Waals surface area contributed by atoms with E-state index in [2.05, 4.69) is 20.3 Å². The lowest BCUT2D eigenvalue weighted by atomic mass is 10.0. The third kappa shape index (κ3) is 3.54. The van der Waals surface area contributed by atoms with Gasteiger partial charge in [0.25, 0.3) is 0 Å². The summed E-state index contributed by atoms with van der Waals surface area (Å²) in [6, 6.07) is 5.72. The van der Waals surface area contributed by atoms with Crippen molar-refractivity contribution in [2.75, 3.05) is 19.6 Å². The third-order valence-electron chi connectivity index (χ3n) is 3.89. The average molecular weight is 326 g/mol. The summed E-state index contributed by atoms with van der Waals surface area (Å²) in [7, 11) is 0. The maximum atomic E-state index is 6.14. The van der Waals surface area contributed by atoms with E-state index in [4.69, 9.17) is 23.2 Å². The maximum absolute atomic E-state index is 6.14. The minimum atomic E-state index is 0.0304. The van der Waals surface area contributed by atoms with Crippen LogP contribution in [0.2, 0.25) is 10.0 Å². The maximum Gasteiger partial charge on any atom is 0.162 e. The van der Waals surface area contributed by atoms with Gasteiger partial charge in [-0.25, -0.2) is 0 Å². The molecule has 1 aliphatic heterocycles. The first-order valence-corrected chi connectivity index (χ1v) is 7.89. The molecule has 1 aromatic heterocycles. The fourth-order valence-electron chi connectivity index (χ4n) is 2.76. The van der Waals surface area contributed by atoms with E-state index in [1.807, 2.05) is 18.2 Å². The molecule has 5 nitrogen and oxygen atoms in total. The van der Waals surface area contributed by atoms with Crippen LogP contribution in [-0.4, -0.2) is 44.7 Å². The van der Waals surface area contributed by atoms with Crippen molar-refractivity contribution < 1.29 is 0 Å². The van der Waals surface area contributed by atoms with Crippen LogP contribution < -0.4 is 0 Å². The van der Waals surface area contributed by atoms with Gasteiger partial charge in [0.05, 0.1) is 16.1 Å². The topological polar surface area (TPSA) is 46.8 Å². The molecule has 2 aromatic rings. The third-order valence-corrected chi connectivity index (χ3v) is 4.63. The second-order valence-electron chi connectivity index (χ2n) is 5.28. The van der Waals surface area contributed by atoms with Gasteiger partial charge in [-0.15, -0.1) is 10.2 Å². The van der Waals surface area contributed by atoms with Crippen LogP contribution in [-0.2, 0) is 0 Å². The molecule has 0 aliphatic carbocycles. The van der Waals surface area contributed by atoms with E-state index in [0.29, 0.717) is 10.0 Å².